The van der Waals surface area contributed by atoms with Crippen LogP contribution in [0, 0.1) is 5.92 Å². The van der Waals surface area contributed by atoms with Crippen LogP contribution in [-0.4, -0.2) is 32.6 Å². The van der Waals surface area contributed by atoms with Crippen molar-refractivity contribution < 1.29 is 23.8 Å². The lowest BCUT2D eigenvalue weighted by Crippen LogP contribution is -2.34. The number of carbonyl (C=O) groups is 2. The molecule has 2 unspecified atom stereocenters. The molecule has 1 aromatic carbocycles. The minimum absolute atomic E-state index is 0.220. The maximum Gasteiger partial charge on any atom is 0.317 e. The van der Waals surface area contributed by atoms with Crippen molar-refractivity contribution in [1.29, 1.82) is 0 Å². The first kappa shape index (κ1) is 20.6. The van der Waals surface area contributed by atoms with Crippen molar-refractivity contribution in [2.75, 3.05) is 20.8 Å². The minimum Gasteiger partial charge on any atom is -0.497 e. The summed E-state index contributed by atoms with van der Waals surface area (Å²) >= 11 is 5.09. The predicted octanol–water partition coefficient (Wildman–Crippen LogP) is 4.85. The van der Waals surface area contributed by atoms with E-state index >= 15 is 0 Å². The van der Waals surface area contributed by atoms with Crippen LogP contribution in [0.3, 0.4) is 0 Å². The quantitative estimate of drug-likeness (QED) is 0.451. The number of benzene rings is 1. The van der Waals surface area contributed by atoms with E-state index in [1.54, 1.807) is 50.7 Å². The molecule has 0 aliphatic heterocycles. The SMILES string of the molecule is CCOC(=O)C1C(=O)C=C(c2sccc2Br)CC1c1cc(OC)ccc1OC. The number of methoxy groups -OCH3 is 2. The molecule has 2 atom stereocenters. The van der Waals surface area contributed by atoms with Gasteiger partial charge < -0.3 is 14.2 Å². The van der Waals surface area contributed by atoms with Gasteiger partial charge in [0.2, 0.25) is 0 Å². The van der Waals surface area contributed by atoms with Gasteiger partial charge in [-0.25, -0.2) is 0 Å². The van der Waals surface area contributed by atoms with E-state index in [0.717, 1.165) is 20.5 Å². The van der Waals surface area contributed by atoms with Gasteiger partial charge >= 0.3 is 5.97 Å². The summed E-state index contributed by atoms with van der Waals surface area (Å²) in [7, 11) is 3.15. The summed E-state index contributed by atoms with van der Waals surface area (Å²) in [6.45, 7) is 1.95. The number of hydrogen-bond donors (Lipinski definition) is 0. The monoisotopic (exact) mass is 464 g/mol. The molecule has 0 amide bonds. The molecule has 1 aromatic heterocycles. The van der Waals surface area contributed by atoms with Gasteiger partial charge in [-0.1, -0.05) is 0 Å². The van der Waals surface area contributed by atoms with Gasteiger partial charge in [0.05, 0.1) is 20.8 Å². The smallest absolute Gasteiger partial charge is 0.317 e. The number of thiophene rings is 1. The second-order valence-corrected chi connectivity index (χ2v) is 8.09. The van der Waals surface area contributed by atoms with Crippen LogP contribution in [0.4, 0.5) is 0 Å². The Bertz CT molecular complexity index is 917. The van der Waals surface area contributed by atoms with Crippen LogP contribution in [0.1, 0.15) is 29.7 Å². The van der Waals surface area contributed by atoms with Crippen LogP contribution < -0.4 is 9.47 Å². The fourth-order valence-corrected chi connectivity index (χ4v) is 5.14. The van der Waals surface area contributed by atoms with E-state index in [1.807, 2.05) is 17.5 Å². The summed E-state index contributed by atoms with van der Waals surface area (Å²) in [4.78, 5) is 26.6. The van der Waals surface area contributed by atoms with Gasteiger partial charge in [-0.3, -0.25) is 9.59 Å². The third kappa shape index (κ3) is 4.00. The molecule has 0 saturated heterocycles. The number of ether oxygens (including phenoxy) is 3. The highest BCUT2D eigenvalue weighted by atomic mass is 79.9. The van der Waals surface area contributed by atoms with E-state index in [-0.39, 0.29) is 12.4 Å². The topological polar surface area (TPSA) is 61.8 Å². The molecule has 148 valence electrons. The number of ketones is 1. The molecule has 7 heteroatoms. The molecular formula is C21H21BrO5S. The molecule has 3 rings (SSSR count). The Hall–Kier alpha value is -2.12. The molecule has 0 saturated carbocycles. The molecule has 0 spiro atoms. The molecule has 5 nitrogen and oxygen atoms in total. The normalized spacial score (nSPS) is 19.1. The van der Waals surface area contributed by atoms with Gasteiger partial charge in [-0.15, -0.1) is 11.3 Å². The van der Waals surface area contributed by atoms with E-state index in [2.05, 4.69) is 15.9 Å². The first-order valence-electron chi connectivity index (χ1n) is 8.86. The van der Waals surface area contributed by atoms with Crippen molar-refractivity contribution in [2.24, 2.45) is 5.92 Å². The van der Waals surface area contributed by atoms with Crippen molar-refractivity contribution in [3.05, 3.63) is 50.6 Å². The summed E-state index contributed by atoms with van der Waals surface area (Å²) in [6.07, 6.45) is 2.08. The largest absolute Gasteiger partial charge is 0.497 e. The molecule has 0 fully saturated rings. The zero-order valence-electron chi connectivity index (χ0n) is 15.9. The fourth-order valence-electron chi connectivity index (χ4n) is 3.49. The van der Waals surface area contributed by atoms with Crippen molar-refractivity contribution in [3.8, 4) is 11.5 Å². The Kier molecular flexibility index (Phi) is 6.57. The Morgan fingerprint density at radius 1 is 1.25 bits per heavy atom. The third-order valence-corrected chi connectivity index (χ3v) is 6.66. The van der Waals surface area contributed by atoms with Crippen LogP contribution in [0.15, 0.2) is 40.2 Å². The van der Waals surface area contributed by atoms with E-state index in [1.165, 1.54) is 0 Å². The van der Waals surface area contributed by atoms with Gasteiger partial charge in [0.15, 0.2) is 5.78 Å². The number of allylic oxidation sites excluding steroid dienone is 2. The zero-order valence-corrected chi connectivity index (χ0v) is 18.3. The first-order chi connectivity index (χ1) is 13.5. The van der Waals surface area contributed by atoms with Gasteiger partial charge in [0, 0.05) is 20.8 Å². The third-order valence-electron chi connectivity index (χ3n) is 4.75. The van der Waals surface area contributed by atoms with Crippen molar-refractivity contribution in [3.63, 3.8) is 0 Å². The van der Waals surface area contributed by atoms with Gasteiger partial charge in [-0.2, -0.15) is 0 Å². The van der Waals surface area contributed by atoms with E-state index < -0.39 is 17.8 Å². The molecule has 1 aliphatic carbocycles. The van der Waals surface area contributed by atoms with Crippen molar-refractivity contribution in [1.82, 2.24) is 0 Å². The average molecular weight is 465 g/mol. The molecule has 1 aliphatic rings. The van der Waals surface area contributed by atoms with E-state index in [4.69, 9.17) is 14.2 Å². The molecule has 28 heavy (non-hydrogen) atoms. The highest BCUT2D eigenvalue weighted by molar-refractivity contribution is 9.10. The molecule has 0 bridgehead atoms. The predicted molar refractivity (Wildman–Crippen MR) is 112 cm³/mol. The molecule has 2 aromatic rings. The zero-order chi connectivity index (χ0) is 20.3. The molecular weight excluding hydrogens is 444 g/mol. The fraction of sp³-hybridized carbons (Fsp3) is 0.333. The van der Waals surface area contributed by atoms with Crippen LogP contribution in [-0.2, 0) is 14.3 Å². The van der Waals surface area contributed by atoms with Crippen LogP contribution in [0.5, 0.6) is 11.5 Å². The molecule has 1 heterocycles. The lowest BCUT2D eigenvalue weighted by molar-refractivity contribution is -0.151. The summed E-state index contributed by atoms with van der Waals surface area (Å²) in [5, 5.41) is 1.96. The van der Waals surface area contributed by atoms with E-state index in [0.29, 0.717) is 17.9 Å². The lowest BCUT2D eigenvalue weighted by Gasteiger charge is -2.30. The Labute approximate surface area is 176 Å². The minimum atomic E-state index is -0.913. The lowest BCUT2D eigenvalue weighted by atomic mass is 9.74. The number of rotatable bonds is 6. The highest BCUT2D eigenvalue weighted by Gasteiger charge is 2.41. The Morgan fingerprint density at radius 2 is 2.04 bits per heavy atom. The number of esters is 1. The summed E-state index contributed by atoms with van der Waals surface area (Å²) in [6, 6.07) is 7.36. The number of halogens is 1. The van der Waals surface area contributed by atoms with Gasteiger partial charge in [0.1, 0.15) is 17.4 Å². The highest BCUT2D eigenvalue weighted by Crippen LogP contribution is 2.46. The Morgan fingerprint density at radius 3 is 2.64 bits per heavy atom. The molecule has 0 N–H and O–H groups in total. The second kappa shape index (κ2) is 8.92. The summed E-state index contributed by atoms with van der Waals surface area (Å²) in [5.41, 5.74) is 1.65. The van der Waals surface area contributed by atoms with Crippen molar-refractivity contribution in [2.45, 2.75) is 19.3 Å². The maximum atomic E-state index is 13.0. The average Bonchev–Trinajstić information content (AvgIpc) is 3.12. The van der Waals surface area contributed by atoms with E-state index in [9.17, 15) is 9.59 Å². The number of hydrogen-bond acceptors (Lipinski definition) is 6. The molecule has 0 radical (unpaired) electrons. The number of carbonyl (C=O) groups excluding carboxylic acids is 2. The first-order valence-corrected chi connectivity index (χ1v) is 10.5. The van der Waals surface area contributed by atoms with Gasteiger partial charge in [0.25, 0.3) is 0 Å². The summed E-state index contributed by atoms with van der Waals surface area (Å²) < 4.78 is 17.0. The van der Waals surface area contributed by atoms with Crippen molar-refractivity contribution >= 4 is 44.6 Å². The standard InChI is InChI=1S/C21H21BrO5S/c1-4-27-21(24)19-15(14-11-13(25-2)5-6-18(14)26-3)9-12(10-17(19)23)20-16(22)7-8-28-20/h5-8,10-11,15,19H,4,9H2,1-3H3. The van der Waals surface area contributed by atoms with Crippen LogP contribution >= 0.6 is 27.3 Å². The van der Waals surface area contributed by atoms with Gasteiger partial charge in [-0.05, 0) is 70.6 Å². The summed E-state index contributed by atoms with van der Waals surface area (Å²) in [5.74, 6) is -0.842. The van der Waals surface area contributed by atoms with Crippen LogP contribution in [0.2, 0.25) is 0 Å². The second-order valence-electron chi connectivity index (χ2n) is 6.32. The Balaban J connectivity index is 2.12. The van der Waals surface area contributed by atoms with Crippen LogP contribution in [0.25, 0.3) is 5.57 Å². The maximum absolute atomic E-state index is 13.0.